The van der Waals surface area contributed by atoms with Crippen LogP contribution in [0.5, 0.6) is 5.75 Å². The molecule has 1 rings (SSSR count). The Hall–Kier alpha value is -1.06. The maximum Gasteiger partial charge on any atom is 0.195 e. The number of ether oxygens (including phenoxy) is 2. The van der Waals surface area contributed by atoms with Crippen molar-refractivity contribution < 1.29 is 14.3 Å². The highest BCUT2D eigenvalue weighted by Gasteiger charge is 2.26. The molecule has 0 aliphatic carbocycles. The van der Waals surface area contributed by atoms with Crippen LogP contribution in [0.3, 0.4) is 0 Å². The van der Waals surface area contributed by atoms with E-state index >= 15 is 0 Å². The van der Waals surface area contributed by atoms with Crippen molar-refractivity contribution in [3.8, 4) is 5.75 Å². The molecule has 0 amide bonds. The Balaban J connectivity index is 3.11. The predicted molar refractivity (Wildman–Crippen MR) is 72.6 cm³/mol. The first kappa shape index (κ1) is 15.0. The number of methoxy groups -OCH3 is 1. The van der Waals surface area contributed by atoms with E-state index in [1.807, 2.05) is 20.8 Å². The van der Waals surface area contributed by atoms with Crippen molar-refractivity contribution in [3.05, 3.63) is 28.8 Å². The Bertz CT molecular complexity index is 416. The number of carbonyl (C=O) groups excluding carboxylic acids is 1. The number of halogens is 1. The smallest absolute Gasteiger partial charge is 0.195 e. The van der Waals surface area contributed by atoms with Gasteiger partial charge < -0.3 is 9.47 Å². The number of carbonyl (C=O) groups is 1. The van der Waals surface area contributed by atoms with Crippen LogP contribution in [-0.2, 0) is 4.74 Å². The molecule has 0 aliphatic heterocycles. The lowest BCUT2D eigenvalue weighted by Gasteiger charge is -2.20. The minimum absolute atomic E-state index is 0.0915. The second-order valence-corrected chi connectivity index (χ2v) is 4.77. The molecule has 1 aromatic rings. The Morgan fingerprint density at radius 3 is 2.56 bits per heavy atom. The van der Waals surface area contributed by atoms with E-state index < -0.39 is 6.10 Å². The average molecular weight is 271 g/mol. The Morgan fingerprint density at radius 1 is 1.39 bits per heavy atom. The number of rotatable bonds is 6. The lowest BCUT2D eigenvalue weighted by atomic mass is 9.97. The van der Waals surface area contributed by atoms with Crippen molar-refractivity contribution in [2.45, 2.75) is 26.9 Å². The van der Waals surface area contributed by atoms with Crippen molar-refractivity contribution in [2.75, 3.05) is 13.7 Å². The molecule has 3 nitrogen and oxygen atoms in total. The number of hydrogen-bond donors (Lipinski definition) is 0. The van der Waals surface area contributed by atoms with Crippen LogP contribution in [-0.4, -0.2) is 25.6 Å². The molecule has 0 spiro atoms. The van der Waals surface area contributed by atoms with E-state index in [1.165, 1.54) is 7.11 Å². The standard InChI is InChI=1S/C14H19ClO3/c1-5-18-14(9(2)3)13(16)11-8-10(15)6-7-12(11)17-4/h6-9,14H,5H2,1-4H3. The molecule has 0 aromatic heterocycles. The third-order valence-electron chi connectivity index (χ3n) is 2.64. The number of benzene rings is 1. The molecule has 1 unspecified atom stereocenters. The average Bonchev–Trinajstić information content (AvgIpc) is 2.34. The first-order valence-electron chi connectivity index (χ1n) is 6.00. The summed E-state index contributed by atoms with van der Waals surface area (Å²) in [6.45, 7) is 6.28. The summed E-state index contributed by atoms with van der Waals surface area (Å²) in [5, 5.41) is 0.512. The highest BCUT2D eigenvalue weighted by Crippen LogP contribution is 2.26. The summed E-state index contributed by atoms with van der Waals surface area (Å²) in [7, 11) is 1.53. The molecule has 0 saturated heterocycles. The zero-order valence-corrected chi connectivity index (χ0v) is 12.0. The van der Waals surface area contributed by atoms with E-state index in [-0.39, 0.29) is 11.7 Å². The van der Waals surface area contributed by atoms with E-state index in [1.54, 1.807) is 18.2 Å². The fourth-order valence-corrected chi connectivity index (χ4v) is 1.95. The van der Waals surface area contributed by atoms with E-state index in [0.29, 0.717) is 22.9 Å². The number of hydrogen-bond acceptors (Lipinski definition) is 3. The normalized spacial score (nSPS) is 12.6. The van der Waals surface area contributed by atoms with Gasteiger partial charge in [0, 0.05) is 11.6 Å². The van der Waals surface area contributed by atoms with Gasteiger partial charge in [0.05, 0.1) is 12.7 Å². The molecule has 0 saturated carbocycles. The van der Waals surface area contributed by atoms with Crippen LogP contribution in [0.25, 0.3) is 0 Å². The van der Waals surface area contributed by atoms with Crippen molar-refractivity contribution in [2.24, 2.45) is 5.92 Å². The summed E-state index contributed by atoms with van der Waals surface area (Å²) >= 11 is 5.93. The summed E-state index contributed by atoms with van der Waals surface area (Å²) in [4.78, 5) is 12.4. The third kappa shape index (κ3) is 3.47. The number of ketones is 1. The monoisotopic (exact) mass is 270 g/mol. The Morgan fingerprint density at radius 2 is 2.06 bits per heavy atom. The zero-order chi connectivity index (χ0) is 13.7. The minimum atomic E-state index is -0.470. The molecule has 0 N–H and O–H groups in total. The van der Waals surface area contributed by atoms with Crippen LogP contribution < -0.4 is 4.74 Å². The molecule has 0 aliphatic rings. The maximum atomic E-state index is 12.4. The van der Waals surface area contributed by atoms with Crippen LogP contribution in [0.1, 0.15) is 31.1 Å². The molecule has 1 atom stereocenters. The fraction of sp³-hybridized carbons (Fsp3) is 0.500. The highest BCUT2D eigenvalue weighted by atomic mass is 35.5. The van der Waals surface area contributed by atoms with E-state index in [2.05, 4.69) is 0 Å². The topological polar surface area (TPSA) is 35.5 Å². The molecule has 0 radical (unpaired) electrons. The second-order valence-electron chi connectivity index (χ2n) is 4.33. The molecule has 0 heterocycles. The van der Waals surface area contributed by atoms with Gasteiger partial charge in [-0.25, -0.2) is 0 Å². The third-order valence-corrected chi connectivity index (χ3v) is 2.87. The van der Waals surface area contributed by atoms with Gasteiger partial charge in [0.25, 0.3) is 0 Å². The largest absolute Gasteiger partial charge is 0.496 e. The van der Waals surface area contributed by atoms with Gasteiger partial charge in [0.1, 0.15) is 11.9 Å². The Labute approximate surface area is 113 Å². The molecule has 18 heavy (non-hydrogen) atoms. The molecule has 100 valence electrons. The molecular formula is C14H19ClO3. The van der Waals surface area contributed by atoms with E-state index in [0.717, 1.165) is 0 Å². The van der Waals surface area contributed by atoms with Crippen LogP contribution in [0.4, 0.5) is 0 Å². The molecular weight excluding hydrogens is 252 g/mol. The summed E-state index contributed by atoms with van der Waals surface area (Å²) in [6.07, 6.45) is -0.470. The number of Topliss-reactive ketones (excluding diaryl/α,β-unsaturated/α-hetero) is 1. The van der Waals surface area contributed by atoms with Crippen molar-refractivity contribution in [1.29, 1.82) is 0 Å². The van der Waals surface area contributed by atoms with Gasteiger partial charge in [-0.05, 0) is 31.0 Å². The summed E-state index contributed by atoms with van der Waals surface area (Å²) in [5.74, 6) is 0.530. The van der Waals surface area contributed by atoms with Gasteiger partial charge in [-0.15, -0.1) is 0 Å². The van der Waals surface area contributed by atoms with Crippen molar-refractivity contribution in [3.63, 3.8) is 0 Å². The highest BCUT2D eigenvalue weighted by molar-refractivity contribution is 6.31. The van der Waals surface area contributed by atoms with Gasteiger partial charge in [-0.3, -0.25) is 4.79 Å². The fourth-order valence-electron chi connectivity index (χ4n) is 1.78. The van der Waals surface area contributed by atoms with E-state index in [4.69, 9.17) is 21.1 Å². The van der Waals surface area contributed by atoms with Crippen molar-refractivity contribution >= 4 is 17.4 Å². The Kier molecular flexibility index (Phi) is 5.63. The van der Waals surface area contributed by atoms with Crippen LogP contribution in [0.2, 0.25) is 5.02 Å². The lowest BCUT2D eigenvalue weighted by Crippen LogP contribution is -2.30. The van der Waals surface area contributed by atoms with Crippen LogP contribution in [0.15, 0.2) is 18.2 Å². The zero-order valence-electron chi connectivity index (χ0n) is 11.2. The minimum Gasteiger partial charge on any atom is -0.496 e. The summed E-state index contributed by atoms with van der Waals surface area (Å²) in [5.41, 5.74) is 0.470. The van der Waals surface area contributed by atoms with Crippen LogP contribution in [0, 0.1) is 5.92 Å². The van der Waals surface area contributed by atoms with Gasteiger partial charge >= 0.3 is 0 Å². The lowest BCUT2D eigenvalue weighted by molar-refractivity contribution is 0.0277. The van der Waals surface area contributed by atoms with Gasteiger partial charge in [-0.1, -0.05) is 25.4 Å². The van der Waals surface area contributed by atoms with Crippen molar-refractivity contribution in [1.82, 2.24) is 0 Å². The van der Waals surface area contributed by atoms with Gasteiger partial charge in [-0.2, -0.15) is 0 Å². The first-order valence-corrected chi connectivity index (χ1v) is 6.38. The molecule has 0 bridgehead atoms. The molecule has 1 aromatic carbocycles. The quantitative estimate of drug-likeness (QED) is 0.741. The van der Waals surface area contributed by atoms with Gasteiger partial charge in [0.15, 0.2) is 5.78 Å². The molecule has 4 heteroatoms. The van der Waals surface area contributed by atoms with E-state index in [9.17, 15) is 4.79 Å². The second kappa shape index (κ2) is 6.76. The summed E-state index contributed by atoms with van der Waals surface area (Å²) in [6, 6.07) is 5.01. The maximum absolute atomic E-state index is 12.4. The molecule has 0 fully saturated rings. The SMILES string of the molecule is CCOC(C(=O)c1cc(Cl)ccc1OC)C(C)C. The summed E-state index contributed by atoms with van der Waals surface area (Å²) < 4.78 is 10.7. The van der Waals surface area contributed by atoms with Crippen LogP contribution >= 0.6 is 11.6 Å². The first-order chi connectivity index (χ1) is 8.51. The van der Waals surface area contributed by atoms with Gasteiger partial charge in [0.2, 0.25) is 0 Å². The predicted octanol–water partition coefficient (Wildman–Crippen LogP) is 3.59.